The molecule has 180 valence electrons. The van der Waals surface area contributed by atoms with Crippen molar-refractivity contribution in [1.82, 2.24) is 10.6 Å². The van der Waals surface area contributed by atoms with E-state index in [4.69, 9.17) is 0 Å². The Bertz CT molecular complexity index is 854. The smallest absolute Gasteiger partial charge is 0.319 e. The Labute approximate surface area is 198 Å². The summed E-state index contributed by atoms with van der Waals surface area (Å²) in [5, 5.41) is 11.6. The quantitative estimate of drug-likeness (QED) is 0.262. The summed E-state index contributed by atoms with van der Waals surface area (Å²) in [6.07, 6.45) is 7.49. The lowest BCUT2D eigenvalue weighted by Gasteiger charge is -2.16. The number of aryl methyl sites for hydroxylation is 2. The van der Waals surface area contributed by atoms with Crippen LogP contribution in [0.1, 0.15) is 63.5 Å². The van der Waals surface area contributed by atoms with Crippen LogP contribution in [-0.4, -0.2) is 25.2 Å². The number of carbonyl (C=O) groups is 2. The molecule has 0 aromatic heterocycles. The van der Waals surface area contributed by atoms with Crippen molar-refractivity contribution in [2.75, 3.05) is 23.7 Å². The van der Waals surface area contributed by atoms with Gasteiger partial charge in [0, 0.05) is 24.5 Å². The first-order valence-corrected chi connectivity index (χ1v) is 12.3. The number of carbonyl (C=O) groups excluding carboxylic acids is 2. The lowest BCUT2D eigenvalue weighted by atomic mass is 9.99. The van der Waals surface area contributed by atoms with E-state index in [2.05, 4.69) is 47.2 Å². The van der Waals surface area contributed by atoms with Gasteiger partial charge in [-0.2, -0.15) is 0 Å². The number of anilines is 2. The van der Waals surface area contributed by atoms with Crippen LogP contribution in [0.3, 0.4) is 0 Å². The summed E-state index contributed by atoms with van der Waals surface area (Å²) in [6, 6.07) is 15.4. The van der Waals surface area contributed by atoms with E-state index >= 15 is 0 Å². The van der Waals surface area contributed by atoms with E-state index in [-0.39, 0.29) is 12.1 Å². The van der Waals surface area contributed by atoms with E-state index in [1.165, 1.54) is 18.4 Å². The van der Waals surface area contributed by atoms with Crippen LogP contribution in [0, 0.1) is 12.8 Å². The molecule has 0 bridgehead atoms. The van der Waals surface area contributed by atoms with Gasteiger partial charge in [-0.25, -0.2) is 9.59 Å². The van der Waals surface area contributed by atoms with Crippen LogP contribution in [0.5, 0.6) is 0 Å². The SMILES string of the molecule is CCCCC(CC)CNC(=O)Nc1ccc(C)c(NC(=O)NCCCCc2ccccc2)c1. The zero-order valence-electron chi connectivity index (χ0n) is 20.4. The molecule has 0 heterocycles. The van der Waals surface area contributed by atoms with Crippen molar-refractivity contribution in [3.63, 3.8) is 0 Å². The molecule has 0 aliphatic heterocycles. The van der Waals surface area contributed by atoms with E-state index in [9.17, 15) is 9.59 Å². The van der Waals surface area contributed by atoms with Crippen LogP contribution in [0.4, 0.5) is 21.0 Å². The van der Waals surface area contributed by atoms with Gasteiger partial charge in [-0.1, -0.05) is 69.5 Å². The highest BCUT2D eigenvalue weighted by atomic mass is 16.2. The van der Waals surface area contributed by atoms with Crippen molar-refractivity contribution >= 4 is 23.4 Å². The number of benzene rings is 2. The van der Waals surface area contributed by atoms with E-state index in [0.717, 1.165) is 37.7 Å². The molecule has 2 rings (SSSR count). The van der Waals surface area contributed by atoms with Crippen LogP contribution >= 0.6 is 0 Å². The van der Waals surface area contributed by atoms with E-state index < -0.39 is 0 Å². The zero-order valence-corrected chi connectivity index (χ0v) is 20.4. The first-order valence-electron chi connectivity index (χ1n) is 12.3. The maximum atomic E-state index is 12.3. The number of rotatable bonds is 13. The molecule has 2 aromatic carbocycles. The molecule has 6 nitrogen and oxygen atoms in total. The van der Waals surface area contributed by atoms with Crippen LogP contribution < -0.4 is 21.3 Å². The van der Waals surface area contributed by atoms with Gasteiger partial charge in [0.15, 0.2) is 0 Å². The molecule has 1 unspecified atom stereocenters. The Morgan fingerprint density at radius 3 is 2.36 bits per heavy atom. The van der Waals surface area contributed by atoms with Gasteiger partial charge < -0.3 is 21.3 Å². The molecule has 0 spiro atoms. The van der Waals surface area contributed by atoms with Crippen molar-refractivity contribution in [1.29, 1.82) is 0 Å². The summed E-state index contributed by atoms with van der Waals surface area (Å²) in [5.41, 5.74) is 3.59. The molecule has 6 heteroatoms. The van der Waals surface area contributed by atoms with E-state index in [0.29, 0.717) is 30.4 Å². The molecule has 0 aliphatic carbocycles. The van der Waals surface area contributed by atoms with E-state index in [1.54, 1.807) is 6.07 Å². The summed E-state index contributed by atoms with van der Waals surface area (Å²) >= 11 is 0. The van der Waals surface area contributed by atoms with E-state index in [1.807, 2.05) is 37.3 Å². The largest absolute Gasteiger partial charge is 0.338 e. The number of amides is 4. The lowest BCUT2D eigenvalue weighted by Crippen LogP contribution is -2.33. The van der Waals surface area contributed by atoms with Gasteiger partial charge in [-0.3, -0.25) is 0 Å². The molecule has 0 radical (unpaired) electrons. The number of hydrogen-bond acceptors (Lipinski definition) is 2. The number of urea groups is 2. The molecule has 0 saturated carbocycles. The number of hydrogen-bond donors (Lipinski definition) is 4. The Morgan fingerprint density at radius 1 is 0.879 bits per heavy atom. The van der Waals surface area contributed by atoms with Crippen molar-refractivity contribution in [3.8, 4) is 0 Å². The maximum Gasteiger partial charge on any atom is 0.319 e. The highest BCUT2D eigenvalue weighted by Gasteiger charge is 2.10. The first-order chi connectivity index (χ1) is 16.0. The summed E-state index contributed by atoms with van der Waals surface area (Å²) in [7, 11) is 0. The van der Waals surface area contributed by atoms with Gasteiger partial charge in [0.05, 0.1) is 0 Å². The van der Waals surface area contributed by atoms with Gasteiger partial charge in [-0.15, -0.1) is 0 Å². The molecule has 4 amide bonds. The average molecular weight is 453 g/mol. The normalized spacial score (nSPS) is 11.5. The molecular weight excluding hydrogens is 412 g/mol. The lowest BCUT2D eigenvalue weighted by molar-refractivity contribution is 0.249. The summed E-state index contributed by atoms with van der Waals surface area (Å²) < 4.78 is 0. The monoisotopic (exact) mass is 452 g/mol. The van der Waals surface area contributed by atoms with Gasteiger partial charge in [-0.05, 0) is 61.8 Å². The first kappa shape index (κ1) is 26.2. The third kappa shape index (κ3) is 10.4. The van der Waals surface area contributed by atoms with Crippen molar-refractivity contribution in [2.24, 2.45) is 5.92 Å². The second-order valence-electron chi connectivity index (χ2n) is 8.60. The maximum absolute atomic E-state index is 12.3. The molecule has 2 aromatic rings. The fourth-order valence-corrected chi connectivity index (χ4v) is 3.66. The second kappa shape index (κ2) is 14.9. The van der Waals surface area contributed by atoms with Crippen molar-refractivity contribution in [2.45, 2.75) is 65.7 Å². The standard InChI is InChI=1S/C27H40N4O2/c1-4-6-12-22(5-2)20-29-27(33)30-24-17-16-21(3)25(19-24)31-26(32)28-18-11-10-15-23-13-8-7-9-14-23/h7-9,13-14,16-17,19,22H,4-6,10-12,15,18,20H2,1-3H3,(H2,28,31,32)(H2,29,30,33). The third-order valence-electron chi connectivity index (χ3n) is 5.86. The average Bonchev–Trinajstić information content (AvgIpc) is 2.82. The second-order valence-corrected chi connectivity index (χ2v) is 8.60. The third-order valence-corrected chi connectivity index (χ3v) is 5.86. The Morgan fingerprint density at radius 2 is 1.64 bits per heavy atom. The Balaban J connectivity index is 1.74. The van der Waals surface area contributed by atoms with Crippen LogP contribution in [0.2, 0.25) is 0 Å². The van der Waals surface area contributed by atoms with Gasteiger partial charge in [0.1, 0.15) is 0 Å². The fraction of sp³-hybridized carbons (Fsp3) is 0.481. The molecule has 0 saturated heterocycles. The van der Waals surface area contributed by atoms with Crippen LogP contribution in [0.15, 0.2) is 48.5 Å². The predicted octanol–water partition coefficient (Wildman–Crippen LogP) is 6.48. The molecule has 0 fully saturated rings. The predicted molar refractivity (Wildman–Crippen MR) is 138 cm³/mol. The number of nitrogens with one attached hydrogen (secondary N) is 4. The van der Waals surface area contributed by atoms with Crippen molar-refractivity contribution in [3.05, 3.63) is 59.7 Å². The van der Waals surface area contributed by atoms with Crippen molar-refractivity contribution < 1.29 is 9.59 Å². The minimum Gasteiger partial charge on any atom is -0.338 e. The summed E-state index contributed by atoms with van der Waals surface area (Å²) in [5.74, 6) is 0.502. The molecule has 1 atom stereocenters. The topological polar surface area (TPSA) is 82.3 Å². The highest BCUT2D eigenvalue weighted by Crippen LogP contribution is 2.20. The van der Waals surface area contributed by atoms with Gasteiger partial charge >= 0.3 is 12.1 Å². The van der Waals surface area contributed by atoms with Gasteiger partial charge in [0.25, 0.3) is 0 Å². The van der Waals surface area contributed by atoms with Crippen LogP contribution in [0.25, 0.3) is 0 Å². The molecule has 4 N–H and O–H groups in total. The summed E-state index contributed by atoms with van der Waals surface area (Å²) in [4.78, 5) is 24.6. The number of unbranched alkanes of at least 4 members (excludes halogenated alkanes) is 2. The Kier molecular flexibility index (Phi) is 11.9. The molecule has 33 heavy (non-hydrogen) atoms. The van der Waals surface area contributed by atoms with Crippen LogP contribution in [-0.2, 0) is 6.42 Å². The minimum absolute atomic E-state index is 0.220. The van der Waals surface area contributed by atoms with Gasteiger partial charge in [0.2, 0.25) is 0 Å². The highest BCUT2D eigenvalue weighted by molar-refractivity contribution is 5.93. The zero-order chi connectivity index (χ0) is 23.9. The molecular formula is C27H40N4O2. The summed E-state index contributed by atoms with van der Waals surface area (Å²) in [6.45, 7) is 7.56. The Hall–Kier alpha value is -3.02. The fourth-order valence-electron chi connectivity index (χ4n) is 3.66. The molecule has 0 aliphatic rings. The minimum atomic E-state index is -0.235.